The average Bonchev–Trinajstić information content (AvgIpc) is 2.86. The van der Waals surface area contributed by atoms with Gasteiger partial charge in [-0.3, -0.25) is 14.5 Å². The summed E-state index contributed by atoms with van der Waals surface area (Å²) in [6, 6.07) is 14.3. The van der Waals surface area contributed by atoms with Crippen LogP contribution in [0.3, 0.4) is 0 Å². The Bertz CT molecular complexity index is 837. The van der Waals surface area contributed by atoms with E-state index in [9.17, 15) is 9.59 Å². The van der Waals surface area contributed by atoms with E-state index in [0.717, 1.165) is 4.90 Å². The Labute approximate surface area is 145 Å². The molecule has 2 aromatic rings. The predicted octanol–water partition coefficient (Wildman–Crippen LogP) is 2.53. The van der Waals surface area contributed by atoms with Gasteiger partial charge in [0, 0.05) is 30.9 Å². The largest absolute Gasteiger partial charge is 0.497 e. The van der Waals surface area contributed by atoms with Crippen molar-refractivity contribution in [2.75, 3.05) is 26.6 Å². The average molecular weight is 338 g/mol. The molecule has 0 aliphatic carbocycles. The molecule has 1 N–H and O–H groups in total. The van der Waals surface area contributed by atoms with Gasteiger partial charge in [0.1, 0.15) is 17.2 Å². The Balaban J connectivity index is 2.08. The quantitative estimate of drug-likeness (QED) is 0.849. The van der Waals surface area contributed by atoms with Gasteiger partial charge in [-0.2, -0.15) is 0 Å². The molecule has 0 saturated heterocycles. The van der Waals surface area contributed by atoms with E-state index in [1.54, 1.807) is 44.6 Å². The van der Waals surface area contributed by atoms with Crippen LogP contribution in [0.15, 0.2) is 54.2 Å². The van der Waals surface area contributed by atoms with Gasteiger partial charge in [0.25, 0.3) is 11.8 Å². The number of nitrogens with one attached hydrogen (secondary N) is 1. The number of methoxy groups -OCH3 is 2. The lowest BCUT2D eigenvalue weighted by Gasteiger charge is -2.12. The number of likely N-dealkylation sites (N-methyl/N-ethyl adjacent to an activating group) is 1. The molecule has 1 aliphatic heterocycles. The smallest absolute Gasteiger partial charge is 0.277 e. The molecule has 0 spiro atoms. The van der Waals surface area contributed by atoms with Crippen LogP contribution in [-0.2, 0) is 9.59 Å². The number of nitrogens with zero attached hydrogens (tertiary/aromatic N) is 1. The molecular formula is C19H18N2O4. The van der Waals surface area contributed by atoms with Gasteiger partial charge in [0.05, 0.1) is 19.8 Å². The summed E-state index contributed by atoms with van der Waals surface area (Å²) in [5.74, 6) is 0.432. The number of amides is 2. The molecule has 6 nitrogen and oxygen atoms in total. The first-order valence-electron chi connectivity index (χ1n) is 7.67. The Kier molecular flexibility index (Phi) is 4.43. The van der Waals surface area contributed by atoms with E-state index in [2.05, 4.69) is 5.32 Å². The van der Waals surface area contributed by atoms with Crippen molar-refractivity contribution in [2.24, 2.45) is 0 Å². The summed E-state index contributed by atoms with van der Waals surface area (Å²) in [5.41, 5.74) is 1.85. The van der Waals surface area contributed by atoms with Crippen LogP contribution in [0.1, 0.15) is 5.56 Å². The highest BCUT2D eigenvalue weighted by molar-refractivity contribution is 6.36. The van der Waals surface area contributed by atoms with E-state index in [-0.39, 0.29) is 17.5 Å². The number of rotatable bonds is 5. The molecular weight excluding hydrogens is 320 g/mol. The molecule has 0 atom stereocenters. The molecule has 128 valence electrons. The summed E-state index contributed by atoms with van der Waals surface area (Å²) in [7, 11) is 4.56. The Morgan fingerprint density at radius 3 is 2.04 bits per heavy atom. The third-order valence-corrected chi connectivity index (χ3v) is 3.97. The lowest BCUT2D eigenvalue weighted by atomic mass is 10.0. The van der Waals surface area contributed by atoms with Gasteiger partial charge < -0.3 is 14.8 Å². The standard InChI is InChI=1S/C19H18N2O4/c1-21-18(22)16(12-7-5-4-6-8-12)17(19(21)23)20-13-9-14(24-2)11-15(10-13)25-3/h4-11,20H,1-3H3. The van der Waals surface area contributed by atoms with E-state index in [4.69, 9.17) is 9.47 Å². The maximum atomic E-state index is 12.5. The normalized spacial score (nSPS) is 14.1. The van der Waals surface area contributed by atoms with Crippen LogP contribution in [0, 0.1) is 0 Å². The number of anilines is 1. The van der Waals surface area contributed by atoms with Gasteiger partial charge in [0.2, 0.25) is 0 Å². The van der Waals surface area contributed by atoms with E-state index < -0.39 is 0 Å². The van der Waals surface area contributed by atoms with Gasteiger partial charge in [0.15, 0.2) is 0 Å². The molecule has 6 heteroatoms. The molecule has 0 aromatic heterocycles. The fourth-order valence-corrected chi connectivity index (χ4v) is 2.65. The van der Waals surface area contributed by atoms with Crippen molar-refractivity contribution in [3.05, 3.63) is 59.8 Å². The zero-order valence-electron chi connectivity index (χ0n) is 14.2. The zero-order valence-corrected chi connectivity index (χ0v) is 14.2. The summed E-state index contributed by atoms with van der Waals surface area (Å²) in [6.45, 7) is 0. The van der Waals surface area contributed by atoms with Gasteiger partial charge in [-0.1, -0.05) is 30.3 Å². The van der Waals surface area contributed by atoms with Gasteiger partial charge >= 0.3 is 0 Å². The summed E-state index contributed by atoms with van der Waals surface area (Å²) >= 11 is 0. The minimum atomic E-state index is -0.384. The summed E-state index contributed by atoms with van der Waals surface area (Å²) in [5, 5.41) is 3.06. The van der Waals surface area contributed by atoms with Crippen molar-refractivity contribution in [3.8, 4) is 11.5 Å². The van der Waals surface area contributed by atoms with Crippen LogP contribution in [0.25, 0.3) is 5.57 Å². The zero-order chi connectivity index (χ0) is 18.0. The second-order valence-electron chi connectivity index (χ2n) is 5.51. The Morgan fingerprint density at radius 2 is 1.48 bits per heavy atom. The van der Waals surface area contributed by atoms with Crippen molar-refractivity contribution in [1.29, 1.82) is 0 Å². The van der Waals surface area contributed by atoms with E-state index in [1.807, 2.05) is 18.2 Å². The van der Waals surface area contributed by atoms with E-state index >= 15 is 0 Å². The molecule has 1 heterocycles. The van der Waals surface area contributed by atoms with Crippen LogP contribution in [-0.4, -0.2) is 38.0 Å². The topological polar surface area (TPSA) is 67.9 Å². The third kappa shape index (κ3) is 3.06. The van der Waals surface area contributed by atoms with Crippen LogP contribution in [0.5, 0.6) is 11.5 Å². The van der Waals surface area contributed by atoms with Crippen molar-refractivity contribution in [2.45, 2.75) is 0 Å². The van der Waals surface area contributed by atoms with Crippen molar-refractivity contribution >= 4 is 23.1 Å². The first-order valence-corrected chi connectivity index (χ1v) is 7.67. The van der Waals surface area contributed by atoms with Gasteiger partial charge in [-0.05, 0) is 5.56 Å². The molecule has 0 unspecified atom stereocenters. The molecule has 25 heavy (non-hydrogen) atoms. The Hall–Kier alpha value is -3.28. The monoisotopic (exact) mass is 338 g/mol. The third-order valence-electron chi connectivity index (χ3n) is 3.97. The molecule has 1 aliphatic rings. The summed E-state index contributed by atoms with van der Waals surface area (Å²) < 4.78 is 10.5. The highest BCUT2D eigenvalue weighted by atomic mass is 16.5. The van der Waals surface area contributed by atoms with Crippen LogP contribution in [0.2, 0.25) is 0 Å². The molecule has 0 radical (unpaired) electrons. The van der Waals surface area contributed by atoms with Crippen LogP contribution >= 0.6 is 0 Å². The minimum absolute atomic E-state index is 0.231. The number of imide groups is 1. The number of ether oxygens (including phenoxy) is 2. The van der Waals surface area contributed by atoms with Crippen molar-refractivity contribution < 1.29 is 19.1 Å². The number of carbonyl (C=O) groups is 2. The maximum absolute atomic E-state index is 12.5. The Morgan fingerprint density at radius 1 is 0.880 bits per heavy atom. The SMILES string of the molecule is COc1cc(NC2=C(c3ccccc3)C(=O)N(C)C2=O)cc(OC)c1. The van der Waals surface area contributed by atoms with Gasteiger partial charge in [-0.15, -0.1) is 0 Å². The molecule has 0 saturated carbocycles. The van der Waals surface area contributed by atoms with Crippen molar-refractivity contribution in [1.82, 2.24) is 4.90 Å². The number of benzene rings is 2. The highest BCUT2D eigenvalue weighted by Gasteiger charge is 2.36. The number of carbonyl (C=O) groups excluding carboxylic acids is 2. The van der Waals surface area contributed by atoms with Crippen LogP contribution < -0.4 is 14.8 Å². The van der Waals surface area contributed by atoms with Crippen LogP contribution in [0.4, 0.5) is 5.69 Å². The number of hydrogen-bond donors (Lipinski definition) is 1. The molecule has 3 rings (SSSR count). The first-order chi connectivity index (χ1) is 12.0. The number of hydrogen-bond acceptors (Lipinski definition) is 5. The van der Waals surface area contributed by atoms with E-state index in [0.29, 0.717) is 28.3 Å². The molecule has 0 bridgehead atoms. The fraction of sp³-hybridized carbons (Fsp3) is 0.158. The molecule has 0 fully saturated rings. The maximum Gasteiger partial charge on any atom is 0.277 e. The molecule has 2 amide bonds. The highest BCUT2D eigenvalue weighted by Crippen LogP contribution is 2.32. The molecule has 2 aromatic carbocycles. The fourth-order valence-electron chi connectivity index (χ4n) is 2.65. The second kappa shape index (κ2) is 6.68. The minimum Gasteiger partial charge on any atom is -0.497 e. The summed E-state index contributed by atoms with van der Waals surface area (Å²) in [6.07, 6.45) is 0. The lowest BCUT2D eigenvalue weighted by molar-refractivity contribution is -0.135. The van der Waals surface area contributed by atoms with Gasteiger partial charge in [-0.25, -0.2) is 0 Å². The van der Waals surface area contributed by atoms with Crippen molar-refractivity contribution in [3.63, 3.8) is 0 Å². The predicted molar refractivity (Wildman–Crippen MR) is 94.3 cm³/mol. The van der Waals surface area contributed by atoms with E-state index in [1.165, 1.54) is 7.05 Å². The second-order valence-corrected chi connectivity index (χ2v) is 5.51. The first kappa shape index (κ1) is 16.6. The summed E-state index contributed by atoms with van der Waals surface area (Å²) in [4.78, 5) is 26.2. The lowest BCUT2D eigenvalue weighted by Crippen LogP contribution is -2.27.